The summed E-state index contributed by atoms with van der Waals surface area (Å²) in [6.07, 6.45) is 4.57. The van der Waals surface area contributed by atoms with Crippen LogP contribution in [0.5, 0.6) is 0 Å². The van der Waals surface area contributed by atoms with E-state index in [2.05, 4.69) is 198 Å². The number of benzene rings is 8. The van der Waals surface area contributed by atoms with Gasteiger partial charge in [0.2, 0.25) is 0 Å². The van der Waals surface area contributed by atoms with Crippen molar-refractivity contribution in [2.24, 2.45) is 0 Å². The van der Waals surface area contributed by atoms with E-state index in [1.165, 1.54) is 99.4 Å². The zero-order valence-corrected chi connectivity index (χ0v) is 30.2. The molecule has 8 aromatic carbocycles. The van der Waals surface area contributed by atoms with Gasteiger partial charge in [0.15, 0.2) is 0 Å². The first-order valence-corrected chi connectivity index (χ1v) is 18.5. The molecule has 10 rings (SSSR count). The highest BCUT2D eigenvalue weighted by Gasteiger charge is 2.36. The predicted octanol–water partition coefficient (Wildman–Crippen LogP) is 14.1. The van der Waals surface area contributed by atoms with Crippen molar-refractivity contribution in [1.82, 2.24) is 0 Å². The summed E-state index contributed by atoms with van der Waals surface area (Å²) in [6.45, 7) is 9.48. The fourth-order valence-electron chi connectivity index (χ4n) is 9.37. The van der Waals surface area contributed by atoms with Gasteiger partial charge in [0, 0.05) is 10.8 Å². The zero-order chi connectivity index (χ0) is 35.2. The molecule has 0 aromatic heterocycles. The van der Waals surface area contributed by atoms with Gasteiger partial charge in [-0.2, -0.15) is 0 Å². The largest absolute Gasteiger partial charge is 0.0622 e. The highest BCUT2D eigenvalue weighted by Crippen LogP contribution is 2.52. The van der Waals surface area contributed by atoms with Gasteiger partial charge in [-0.3, -0.25) is 0 Å². The molecule has 0 saturated heterocycles. The van der Waals surface area contributed by atoms with Gasteiger partial charge in [-0.1, -0.05) is 179 Å². The molecule has 0 heteroatoms. The number of hydrogen-bond donors (Lipinski definition) is 0. The van der Waals surface area contributed by atoms with Crippen LogP contribution in [0.4, 0.5) is 0 Å². The minimum absolute atomic E-state index is 0.0512. The van der Waals surface area contributed by atoms with E-state index in [0.717, 1.165) is 0 Å². The topological polar surface area (TPSA) is 0 Å². The van der Waals surface area contributed by atoms with Crippen molar-refractivity contribution in [3.63, 3.8) is 0 Å². The zero-order valence-electron chi connectivity index (χ0n) is 30.2. The SMILES string of the molecule is CC1(C)c2ccccc2-c2ccc(-c3ccc4c(/C=C/c5ccccc5)c5ccccc5c(-c5ccc6c(c5)C(C)(C)c5ccccc5-6)c4c3)cc21. The second-order valence-corrected chi connectivity index (χ2v) is 15.7. The third kappa shape index (κ3) is 4.47. The molecular formula is C52H40. The van der Waals surface area contributed by atoms with Crippen LogP contribution >= 0.6 is 0 Å². The summed E-state index contributed by atoms with van der Waals surface area (Å²) >= 11 is 0. The quantitative estimate of drug-likeness (QED) is 0.130. The van der Waals surface area contributed by atoms with Crippen LogP contribution in [0.1, 0.15) is 61.1 Å². The molecule has 0 atom stereocenters. The molecule has 2 aliphatic rings. The van der Waals surface area contributed by atoms with Gasteiger partial charge in [0.25, 0.3) is 0 Å². The Morgan fingerprint density at radius 2 is 0.827 bits per heavy atom. The van der Waals surface area contributed by atoms with Gasteiger partial charge < -0.3 is 0 Å². The summed E-state index contributed by atoms with van der Waals surface area (Å²) in [5.74, 6) is 0. The maximum Gasteiger partial charge on any atom is 0.0159 e. The maximum absolute atomic E-state index is 2.48. The van der Waals surface area contributed by atoms with Gasteiger partial charge in [-0.15, -0.1) is 0 Å². The molecule has 0 saturated carbocycles. The summed E-state index contributed by atoms with van der Waals surface area (Å²) in [6, 6.07) is 58.9. The van der Waals surface area contributed by atoms with Crippen LogP contribution in [0.2, 0.25) is 0 Å². The second-order valence-electron chi connectivity index (χ2n) is 15.7. The fraction of sp³-hybridized carbons (Fsp3) is 0.115. The van der Waals surface area contributed by atoms with Gasteiger partial charge >= 0.3 is 0 Å². The molecule has 0 fully saturated rings. The monoisotopic (exact) mass is 664 g/mol. The minimum atomic E-state index is -0.0775. The molecule has 0 heterocycles. The molecule has 2 aliphatic carbocycles. The molecular weight excluding hydrogens is 625 g/mol. The van der Waals surface area contributed by atoms with Crippen LogP contribution < -0.4 is 0 Å². The smallest absolute Gasteiger partial charge is 0.0159 e. The molecule has 0 radical (unpaired) electrons. The molecule has 0 unspecified atom stereocenters. The van der Waals surface area contributed by atoms with E-state index in [0.29, 0.717) is 0 Å². The molecule has 0 nitrogen and oxygen atoms in total. The van der Waals surface area contributed by atoms with Gasteiger partial charge in [-0.05, 0) is 118 Å². The van der Waals surface area contributed by atoms with E-state index < -0.39 is 0 Å². The van der Waals surface area contributed by atoms with E-state index in [-0.39, 0.29) is 10.8 Å². The van der Waals surface area contributed by atoms with Crippen LogP contribution in [-0.2, 0) is 10.8 Å². The Morgan fingerprint density at radius 3 is 1.50 bits per heavy atom. The van der Waals surface area contributed by atoms with Crippen molar-refractivity contribution < 1.29 is 0 Å². The van der Waals surface area contributed by atoms with E-state index in [1.54, 1.807) is 0 Å². The average Bonchev–Trinajstić information content (AvgIpc) is 3.55. The lowest BCUT2D eigenvalue weighted by Gasteiger charge is -2.23. The Balaban J connectivity index is 1.23. The van der Waals surface area contributed by atoms with Crippen molar-refractivity contribution in [3.05, 3.63) is 191 Å². The van der Waals surface area contributed by atoms with Crippen molar-refractivity contribution in [2.45, 2.75) is 38.5 Å². The Morgan fingerprint density at radius 1 is 0.346 bits per heavy atom. The van der Waals surface area contributed by atoms with E-state index >= 15 is 0 Å². The van der Waals surface area contributed by atoms with Crippen LogP contribution in [0.3, 0.4) is 0 Å². The van der Waals surface area contributed by atoms with E-state index in [4.69, 9.17) is 0 Å². The first kappa shape index (κ1) is 30.8. The Kier molecular flexibility index (Phi) is 6.67. The Hall–Kier alpha value is -5.98. The summed E-state index contributed by atoms with van der Waals surface area (Å²) < 4.78 is 0. The third-order valence-electron chi connectivity index (χ3n) is 12.1. The van der Waals surface area contributed by atoms with Gasteiger partial charge in [0.1, 0.15) is 0 Å². The van der Waals surface area contributed by atoms with Crippen LogP contribution in [0, 0.1) is 0 Å². The van der Waals surface area contributed by atoms with Crippen molar-refractivity contribution in [1.29, 1.82) is 0 Å². The molecule has 0 spiro atoms. The molecule has 0 aliphatic heterocycles. The van der Waals surface area contributed by atoms with Crippen LogP contribution in [0.25, 0.3) is 78.2 Å². The van der Waals surface area contributed by atoms with E-state index in [9.17, 15) is 0 Å². The van der Waals surface area contributed by atoms with Crippen molar-refractivity contribution in [2.75, 3.05) is 0 Å². The second kappa shape index (κ2) is 11.3. The first-order valence-electron chi connectivity index (χ1n) is 18.5. The van der Waals surface area contributed by atoms with E-state index in [1.807, 2.05) is 0 Å². The van der Waals surface area contributed by atoms with Crippen molar-refractivity contribution >= 4 is 33.7 Å². The Bertz CT molecular complexity index is 2770. The summed E-state index contributed by atoms with van der Waals surface area (Å²) in [5, 5.41) is 5.09. The lowest BCUT2D eigenvalue weighted by molar-refractivity contribution is 0.660. The lowest BCUT2D eigenvalue weighted by atomic mass is 9.80. The number of fused-ring (bicyclic) bond motifs is 8. The Labute approximate surface area is 306 Å². The lowest BCUT2D eigenvalue weighted by Crippen LogP contribution is -2.14. The summed E-state index contributed by atoms with van der Waals surface area (Å²) in [7, 11) is 0. The van der Waals surface area contributed by atoms with Crippen LogP contribution in [0.15, 0.2) is 158 Å². The third-order valence-corrected chi connectivity index (χ3v) is 12.1. The minimum Gasteiger partial charge on any atom is -0.0622 e. The normalized spacial score (nSPS) is 14.8. The highest BCUT2D eigenvalue weighted by molar-refractivity contribution is 6.19. The molecule has 52 heavy (non-hydrogen) atoms. The average molecular weight is 665 g/mol. The van der Waals surface area contributed by atoms with Crippen molar-refractivity contribution in [3.8, 4) is 44.5 Å². The number of hydrogen-bond acceptors (Lipinski definition) is 0. The summed E-state index contributed by atoms with van der Waals surface area (Å²) in [5.41, 5.74) is 18.4. The molecule has 0 N–H and O–H groups in total. The van der Waals surface area contributed by atoms with Gasteiger partial charge in [-0.25, -0.2) is 0 Å². The molecule has 248 valence electrons. The van der Waals surface area contributed by atoms with Crippen LogP contribution in [-0.4, -0.2) is 0 Å². The maximum atomic E-state index is 2.48. The highest BCUT2D eigenvalue weighted by atomic mass is 14.4. The van der Waals surface area contributed by atoms with Gasteiger partial charge in [0.05, 0.1) is 0 Å². The molecule has 8 aromatic rings. The molecule has 0 amide bonds. The number of rotatable bonds is 4. The standard InChI is InChI=1S/C52H40/c1-51(2)46-20-12-10-17-40(46)42-28-24-35(31-48(42)51)34-23-27-39-38(26-22-33-14-6-5-7-15-33)37-16-8-9-19-44(37)50(45(39)30-34)36-25-29-43-41-18-11-13-21-47(41)52(3,4)49(43)32-36/h5-32H,1-4H3/b26-22+. The summed E-state index contributed by atoms with van der Waals surface area (Å²) in [4.78, 5) is 0. The molecule has 0 bridgehead atoms. The first-order chi connectivity index (χ1) is 25.3. The predicted molar refractivity (Wildman–Crippen MR) is 223 cm³/mol. The fourth-order valence-corrected chi connectivity index (χ4v) is 9.37.